The fourth-order valence-electron chi connectivity index (χ4n) is 3.48. The molecule has 4 rings (SSSR count). The van der Waals surface area contributed by atoms with Gasteiger partial charge in [0.2, 0.25) is 5.95 Å². The smallest absolute Gasteiger partial charge is 0.227 e. The van der Waals surface area contributed by atoms with Gasteiger partial charge in [-0.3, -0.25) is 4.98 Å². The van der Waals surface area contributed by atoms with Crippen molar-refractivity contribution < 1.29 is 5.11 Å². The normalized spacial score (nSPS) is 12.5. The van der Waals surface area contributed by atoms with E-state index in [1.54, 1.807) is 12.5 Å². The van der Waals surface area contributed by atoms with E-state index in [0.717, 1.165) is 22.5 Å². The van der Waals surface area contributed by atoms with Crippen LogP contribution in [-0.2, 0) is 0 Å². The van der Waals surface area contributed by atoms with E-state index >= 15 is 0 Å². The van der Waals surface area contributed by atoms with Crippen LogP contribution in [-0.4, -0.2) is 42.3 Å². The second kappa shape index (κ2) is 9.32. The minimum Gasteiger partial charge on any atom is -0.394 e. The molecule has 8 heteroatoms. The quantitative estimate of drug-likeness (QED) is 0.373. The number of benzene rings is 1. The molecule has 1 atom stereocenters. The zero-order chi connectivity index (χ0) is 22.7. The van der Waals surface area contributed by atoms with E-state index < -0.39 is 0 Å². The number of aliphatic hydroxyl groups excluding tert-OH is 1. The lowest BCUT2D eigenvalue weighted by Gasteiger charge is -2.20. The maximum Gasteiger partial charge on any atom is 0.227 e. The number of aliphatic hydroxyl groups is 1. The van der Waals surface area contributed by atoms with Gasteiger partial charge in [-0.15, -0.1) is 0 Å². The molecule has 8 nitrogen and oxygen atoms in total. The molecular formula is C24H29N7O. The first-order valence-electron chi connectivity index (χ1n) is 10.9. The second-order valence-electron chi connectivity index (χ2n) is 8.44. The number of rotatable bonds is 8. The summed E-state index contributed by atoms with van der Waals surface area (Å²) in [6.07, 6.45) is 5.39. The monoisotopic (exact) mass is 431 g/mol. The molecule has 32 heavy (non-hydrogen) atoms. The number of hydrogen-bond acceptors (Lipinski definition) is 7. The third kappa shape index (κ3) is 4.55. The van der Waals surface area contributed by atoms with Crippen LogP contribution < -0.4 is 10.6 Å². The maximum absolute atomic E-state index is 9.76. The molecule has 0 aliphatic heterocycles. The average Bonchev–Trinajstić information content (AvgIpc) is 3.23. The Kier molecular flexibility index (Phi) is 6.32. The van der Waals surface area contributed by atoms with Gasteiger partial charge in [-0.2, -0.15) is 9.97 Å². The third-order valence-electron chi connectivity index (χ3n) is 5.41. The maximum atomic E-state index is 9.76. The topological polar surface area (TPSA) is 101 Å². The van der Waals surface area contributed by atoms with E-state index in [4.69, 9.17) is 9.97 Å². The fourth-order valence-corrected chi connectivity index (χ4v) is 3.48. The van der Waals surface area contributed by atoms with Crippen LogP contribution in [0.5, 0.6) is 0 Å². The van der Waals surface area contributed by atoms with Gasteiger partial charge in [0.15, 0.2) is 17.0 Å². The van der Waals surface area contributed by atoms with Gasteiger partial charge in [-0.1, -0.05) is 32.0 Å². The SMILES string of the molecule is CC(C)[C@H](CO)Nc1nc(Nc2cccc(-c3cccnc3)c2)c2ncn(C(C)C)c2n1. The summed E-state index contributed by atoms with van der Waals surface area (Å²) < 4.78 is 2.02. The molecule has 0 saturated heterocycles. The van der Waals surface area contributed by atoms with Crippen molar-refractivity contribution in [1.82, 2.24) is 24.5 Å². The molecule has 0 unspecified atom stereocenters. The Morgan fingerprint density at radius 1 is 1.03 bits per heavy atom. The number of fused-ring (bicyclic) bond motifs is 1. The van der Waals surface area contributed by atoms with Crippen LogP contribution in [0.3, 0.4) is 0 Å². The van der Waals surface area contributed by atoms with Gasteiger partial charge < -0.3 is 20.3 Å². The summed E-state index contributed by atoms with van der Waals surface area (Å²) in [4.78, 5) is 18.2. The average molecular weight is 432 g/mol. The number of aromatic nitrogens is 5. The fraction of sp³-hybridized carbons (Fsp3) is 0.333. The Balaban J connectivity index is 1.74. The van der Waals surface area contributed by atoms with Gasteiger partial charge in [0.05, 0.1) is 19.0 Å². The molecule has 1 aromatic carbocycles. The van der Waals surface area contributed by atoms with Gasteiger partial charge in [-0.05, 0) is 43.5 Å². The van der Waals surface area contributed by atoms with Crippen LogP contribution in [0.4, 0.5) is 17.5 Å². The van der Waals surface area contributed by atoms with Crippen molar-refractivity contribution >= 4 is 28.6 Å². The number of anilines is 3. The Morgan fingerprint density at radius 3 is 2.53 bits per heavy atom. The summed E-state index contributed by atoms with van der Waals surface area (Å²) in [6.45, 7) is 8.27. The van der Waals surface area contributed by atoms with Gasteiger partial charge in [-0.25, -0.2) is 4.98 Å². The molecule has 0 bridgehead atoms. The standard InChI is InChI=1S/C24H29N7O/c1-15(2)20(13-32)28-24-29-22(21-23(30-24)31(14-26-21)16(3)4)27-19-9-5-7-17(11-19)18-8-6-10-25-12-18/h5-12,14-16,20,32H,13H2,1-4H3,(H2,27,28,29,30)/t20-/m0/s1. The Morgan fingerprint density at radius 2 is 1.84 bits per heavy atom. The summed E-state index contributed by atoms with van der Waals surface area (Å²) in [7, 11) is 0. The minimum atomic E-state index is -0.148. The van der Waals surface area contributed by atoms with E-state index in [0.29, 0.717) is 17.3 Å². The van der Waals surface area contributed by atoms with Crippen molar-refractivity contribution in [3.63, 3.8) is 0 Å². The highest BCUT2D eigenvalue weighted by atomic mass is 16.3. The predicted molar refractivity (Wildman–Crippen MR) is 128 cm³/mol. The molecule has 0 fully saturated rings. The van der Waals surface area contributed by atoms with Crippen molar-refractivity contribution in [3.05, 3.63) is 55.1 Å². The number of nitrogens with zero attached hydrogens (tertiary/aromatic N) is 5. The first-order valence-corrected chi connectivity index (χ1v) is 10.9. The Bertz CT molecular complexity index is 1190. The molecule has 3 heterocycles. The Hall–Kier alpha value is -3.52. The number of imidazole rings is 1. The van der Waals surface area contributed by atoms with Crippen molar-refractivity contribution in [1.29, 1.82) is 0 Å². The molecule has 3 N–H and O–H groups in total. The highest BCUT2D eigenvalue weighted by Gasteiger charge is 2.18. The van der Waals surface area contributed by atoms with E-state index in [-0.39, 0.29) is 24.6 Å². The van der Waals surface area contributed by atoms with Gasteiger partial charge in [0.25, 0.3) is 0 Å². The van der Waals surface area contributed by atoms with E-state index in [1.807, 2.05) is 54.9 Å². The molecule has 0 saturated carbocycles. The highest BCUT2D eigenvalue weighted by molar-refractivity contribution is 5.87. The van der Waals surface area contributed by atoms with E-state index in [9.17, 15) is 5.11 Å². The molecule has 0 aliphatic rings. The number of hydrogen-bond donors (Lipinski definition) is 3. The number of pyridine rings is 1. The molecule has 0 radical (unpaired) electrons. The molecular weight excluding hydrogens is 402 g/mol. The first-order chi connectivity index (χ1) is 15.5. The molecule has 4 aromatic rings. The molecule has 0 spiro atoms. The summed E-state index contributed by atoms with van der Waals surface area (Å²) in [6, 6.07) is 12.1. The first kappa shape index (κ1) is 21.7. The number of nitrogens with one attached hydrogen (secondary N) is 2. The second-order valence-corrected chi connectivity index (χ2v) is 8.44. The predicted octanol–water partition coefficient (Wildman–Crippen LogP) is 4.64. The van der Waals surface area contributed by atoms with Crippen LogP contribution in [0.1, 0.15) is 33.7 Å². The van der Waals surface area contributed by atoms with Crippen molar-refractivity contribution in [2.24, 2.45) is 5.92 Å². The lowest BCUT2D eigenvalue weighted by Crippen LogP contribution is -2.30. The molecule has 3 aromatic heterocycles. The van der Waals surface area contributed by atoms with Crippen LogP contribution in [0.2, 0.25) is 0 Å². The summed E-state index contributed by atoms with van der Waals surface area (Å²) in [5, 5.41) is 16.5. The van der Waals surface area contributed by atoms with E-state index in [2.05, 4.69) is 40.5 Å². The van der Waals surface area contributed by atoms with Crippen LogP contribution >= 0.6 is 0 Å². The summed E-state index contributed by atoms with van der Waals surface area (Å²) >= 11 is 0. The van der Waals surface area contributed by atoms with Gasteiger partial charge in [0.1, 0.15) is 0 Å². The van der Waals surface area contributed by atoms with Crippen molar-refractivity contribution in [2.45, 2.75) is 39.8 Å². The van der Waals surface area contributed by atoms with Crippen molar-refractivity contribution in [2.75, 3.05) is 17.2 Å². The third-order valence-corrected chi connectivity index (χ3v) is 5.41. The zero-order valence-electron chi connectivity index (χ0n) is 18.8. The molecule has 166 valence electrons. The largest absolute Gasteiger partial charge is 0.394 e. The lowest BCUT2D eigenvalue weighted by atomic mass is 10.1. The molecule has 0 amide bonds. The minimum absolute atomic E-state index is 0.00156. The van der Waals surface area contributed by atoms with Gasteiger partial charge >= 0.3 is 0 Å². The van der Waals surface area contributed by atoms with Gasteiger partial charge in [0, 0.05) is 29.7 Å². The summed E-state index contributed by atoms with van der Waals surface area (Å²) in [5.41, 5.74) is 4.42. The molecule has 0 aliphatic carbocycles. The van der Waals surface area contributed by atoms with Crippen LogP contribution in [0, 0.1) is 5.92 Å². The zero-order valence-corrected chi connectivity index (χ0v) is 18.8. The highest BCUT2D eigenvalue weighted by Crippen LogP contribution is 2.28. The van der Waals surface area contributed by atoms with E-state index in [1.165, 1.54) is 0 Å². The Labute approximate surface area is 187 Å². The summed E-state index contributed by atoms with van der Waals surface area (Å²) in [5.74, 6) is 1.29. The van der Waals surface area contributed by atoms with Crippen LogP contribution in [0.15, 0.2) is 55.1 Å². The lowest BCUT2D eigenvalue weighted by molar-refractivity contribution is 0.248. The van der Waals surface area contributed by atoms with Crippen molar-refractivity contribution in [3.8, 4) is 11.1 Å². The van der Waals surface area contributed by atoms with Crippen LogP contribution in [0.25, 0.3) is 22.3 Å².